The van der Waals surface area contributed by atoms with Gasteiger partial charge in [-0.2, -0.15) is 5.10 Å². The van der Waals surface area contributed by atoms with Crippen molar-refractivity contribution < 1.29 is 9.59 Å². The van der Waals surface area contributed by atoms with E-state index in [2.05, 4.69) is 15.8 Å². The Morgan fingerprint density at radius 2 is 1.79 bits per heavy atom. The summed E-state index contributed by atoms with van der Waals surface area (Å²) in [6.07, 6.45) is 2.23. The maximum absolute atomic E-state index is 11.8. The zero-order valence-corrected chi connectivity index (χ0v) is 14.4. The maximum atomic E-state index is 11.8. The average molecular weight is 364 g/mol. The third-order valence-electron chi connectivity index (χ3n) is 3.16. The third kappa shape index (κ3) is 5.08. The van der Waals surface area contributed by atoms with Gasteiger partial charge in [0, 0.05) is 16.3 Å². The fourth-order valence-electron chi connectivity index (χ4n) is 1.83. The predicted molar refractivity (Wildman–Crippen MR) is 96.6 cm³/mol. The largest absolute Gasteiger partial charge is 0.329 e. The Hall–Kier alpha value is -2.37. The van der Waals surface area contributed by atoms with Crippen molar-refractivity contribution in [1.82, 2.24) is 5.43 Å². The Kier molecular flexibility index (Phi) is 6.35. The van der Waals surface area contributed by atoms with Crippen LogP contribution in [0.4, 0.5) is 5.69 Å². The van der Waals surface area contributed by atoms with Crippen LogP contribution in [0, 0.1) is 0 Å². The lowest BCUT2D eigenvalue weighted by Gasteiger charge is -2.05. The van der Waals surface area contributed by atoms with E-state index in [4.69, 9.17) is 23.2 Å². The van der Waals surface area contributed by atoms with Crippen LogP contribution in [0.5, 0.6) is 0 Å². The van der Waals surface area contributed by atoms with Gasteiger partial charge in [0.05, 0.1) is 11.2 Å². The van der Waals surface area contributed by atoms with Gasteiger partial charge in [-0.15, -0.1) is 0 Å². The molecule has 2 aromatic carbocycles. The minimum absolute atomic E-state index is 0.390. The topological polar surface area (TPSA) is 70.6 Å². The van der Waals surface area contributed by atoms with Crippen molar-refractivity contribution in [2.75, 3.05) is 5.32 Å². The molecule has 0 fully saturated rings. The minimum atomic E-state index is -0.879. The number of carbonyl (C=O) groups excluding carboxylic acids is 2. The number of rotatable bonds is 4. The third-order valence-corrected chi connectivity index (χ3v) is 3.72. The van der Waals surface area contributed by atoms with Gasteiger partial charge >= 0.3 is 11.8 Å². The van der Waals surface area contributed by atoms with Crippen molar-refractivity contribution in [2.24, 2.45) is 5.10 Å². The van der Waals surface area contributed by atoms with Crippen LogP contribution in [-0.4, -0.2) is 18.0 Å². The van der Waals surface area contributed by atoms with Gasteiger partial charge in [-0.25, -0.2) is 5.43 Å². The summed E-state index contributed by atoms with van der Waals surface area (Å²) in [7, 11) is 0. The van der Waals surface area contributed by atoms with Gasteiger partial charge in [0.2, 0.25) is 0 Å². The number of carbonyl (C=O) groups is 2. The second kappa shape index (κ2) is 8.47. The Morgan fingerprint density at radius 1 is 1.08 bits per heavy atom. The standard InChI is InChI=1S/C17H15Cl2N3O2/c1-2-11-3-7-14(8-4-11)21-16(23)17(24)22-20-10-12-5-6-13(18)9-15(12)19/h3-10H,2H2,1H3,(H,21,23)(H,22,24)/b20-10-. The van der Waals surface area contributed by atoms with E-state index in [1.54, 1.807) is 30.3 Å². The molecular formula is C17H15Cl2N3O2. The molecule has 7 heteroatoms. The zero-order chi connectivity index (χ0) is 17.5. The van der Waals surface area contributed by atoms with Crippen molar-refractivity contribution in [2.45, 2.75) is 13.3 Å². The first kappa shape index (κ1) is 18.0. The second-order valence-corrected chi connectivity index (χ2v) is 5.71. The molecule has 5 nitrogen and oxygen atoms in total. The van der Waals surface area contributed by atoms with Crippen LogP contribution < -0.4 is 10.7 Å². The van der Waals surface area contributed by atoms with Gasteiger partial charge in [-0.3, -0.25) is 9.59 Å². The second-order valence-electron chi connectivity index (χ2n) is 4.87. The molecule has 2 aromatic rings. The van der Waals surface area contributed by atoms with Crippen LogP contribution in [0.15, 0.2) is 47.6 Å². The molecule has 124 valence electrons. The van der Waals surface area contributed by atoms with E-state index in [1.165, 1.54) is 6.21 Å². The van der Waals surface area contributed by atoms with Crippen molar-refractivity contribution in [3.8, 4) is 0 Å². The number of benzene rings is 2. The SMILES string of the molecule is CCc1ccc(NC(=O)C(=O)N/N=C\c2ccc(Cl)cc2Cl)cc1. The first-order valence-electron chi connectivity index (χ1n) is 7.18. The number of hydrazone groups is 1. The van der Waals surface area contributed by atoms with Crippen LogP contribution >= 0.6 is 23.2 Å². The highest BCUT2D eigenvalue weighted by molar-refractivity contribution is 6.39. The molecule has 0 aromatic heterocycles. The lowest BCUT2D eigenvalue weighted by atomic mass is 10.1. The molecule has 2 amide bonds. The first-order chi connectivity index (χ1) is 11.5. The van der Waals surface area contributed by atoms with Crippen molar-refractivity contribution in [3.63, 3.8) is 0 Å². The number of halogens is 2. The summed E-state index contributed by atoms with van der Waals surface area (Å²) in [6, 6.07) is 12.1. The highest BCUT2D eigenvalue weighted by Gasteiger charge is 2.12. The fraction of sp³-hybridized carbons (Fsp3) is 0.118. The summed E-state index contributed by atoms with van der Waals surface area (Å²) in [5, 5.41) is 7.09. The molecule has 0 saturated heterocycles. The van der Waals surface area contributed by atoms with Crippen LogP contribution in [0.25, 0.3) is 0 Å². The molecule has 0 heterocycles. The highest BCUT2D eigenvalue weighted by Crippen LogP contribution is 2.19. The van der Waals surface area contributed by atoms with E-state index >= 15 is 0 Å². The molecule has 0 unspecified atom stereocenters. The van der Waals surface area contributed by atoms with Gasteiger partial charge in [0.15, 0.2) is 0 Å². The zero-order valence-electron chi connectivity index (χ0n) is 12.8. The number of nitrogens with one attached hydrogen (secondary N) is 2. The number of hydrogen-bond donors (Lipinski definition) is 2. The van der Waals surface area contributed by atoms with Gasteiger partial charge < -0.3 is 5.32 Å². The van der Waals surface area contributed by atoms with E-state index < -0.39 is 11.8 Å². The highest BCUT2D eigenvalue weighted by atomic mass is 35.5. The van der Waals surface area contributed by atoms with Crippen molar-refractivity contribution in [3.05, 3.63) is 63.6 Å². The molecule has 0 aliphatic heterocycles. The van der Waals surface area contributed by atoms with E-state index in [0.717, 1.165) is 12.0 Å². The van der Waals surface area contributed by atoms with Crippen LogP contribution in [0.1, 0.15) is 18.1 Å². The average Bonchev–Trinajstić information content (AvgIpc) is 2.57. The lowest BCUT2D eigenvalue weighted by Crippen LogP contribution is -2.32. The summed E-state index contributed by atoms with van der Waals surface area (Å²) in [5.41, 5.74) is 4.39. The van der Waals surface area contributed by atoms with E-state index in [1.807, 2.05) is 19.1 Å². The summed E-state index contributed by atoms with van der Waals surface area (Å²) in [5.74, 6) is -1.69. The van der Waals surface area contributed by atoms with Crippen LogP contribution in [-0.2, 0) is 16.0 Å². The van der Waals surface area contributed by atoms with Crippen LogP contribution in [0.3, 0.4) is 0 Å². The fourth-order valence-corrected chi connectivity index (χ4v) is 2.29. The molecule has 0 radical (unpaired) electrons. The molecule has 0 aliphatic rings. The maximum Gasteiger partial charge on any atom is 0.329 e. The van der Waals surface area contributed by atoms with E-state index in [9.17, 15) is 9.59 Å². The van der Waals surface area contributed by atoms with Gasteiger partial charge in [0.1, 0.15) is 0 Å². The van der Waals surface area contributed by atoms with E-state index in [-0.39, 0.29) is 0 Å². The number of anilines is 1. The summed E-state index contributed by atoms with van der Waals surface area (Å²) >= 11 is 11.8. The number of amides is 2. The number of hydrogen-bond acceptors (Lipinski definition) is 3. The first-order valence-corrected chi connectivity index (χ1v) is 7.93. The van der Waals surface area contributed by atoms with Gasteiger partial charge in [-0.1, -0.05) is 48.3 Å². The Bertz CT molecular complexity index is 774. The lowest BCUT2D eigenvalue weighted by molar-refractivity contribution is -0.136. The molecule has 0 bridgehead atoms. The molecule has 0 spiro atoms. The van der Waals surface area contributed by atoms with Crippen LogP contribution in [0.2, 0.25) is 10.0 Å². The molecule has 2 rings (SSSR count). The smallest absolute Gasteiger partial charge is 0.318 e. The monoisotopic (exact) mass is 363 g/mol. The normalized spacial score (nSPS) is 10.6. The predicted octanol–water partition coefficient (Wildman–Crippen LogP) is 3.64. The van der Waals surface area contributed by atoms with E-state index in [0.29, 0.717) is 21.3 Å². The minimum Gasteiger partial charge on any atom is -0.318 e. The number of aryl methyl sites for hydroxylation is 1. The quantitative estimate of drug-likeness (QED) is 0.494. The van der Waals surface area contributed by atoms with Gasteiger partial charge in [0.25, 0.3) is 0 Å². The molecule has 0 aliphatic carbocycles. The summed E-state index contributed by atoms with van der Waals surface area (Å²) < 4.78 is 0. The molecule has 0 atom stereocenters. The summed E-state index contributed by atoms with van der Waals surface area (Å²) in [4.78, 5) is 23.5. The molecule has 2 N–H and O–H groups in total. The molecular weight excluding hydrogens is 349 g/mol. The van der Waals surface area contributed by atoms with Crippen molar-refractivity contribution >= 4 is 46.9 Å². The Labute approximate surface area is 149 Å². The Morgan fingerprint density at radius 3 is 2.42 bits per heavy atom. The number of nitrogens with zero attached hydrogens (tertiary/aromatic N) is 1. The Balaban J connectivity index is 1.91. The summed E-state index contributed by atoms with van der Waals surface area (Å²) in [6.45, 7) is 2.03. The van der Waals surface area contributed by atoms with Crippen molar-refractivity contribution in [1.29, 1.82) is 0 Å². The van der Waals surface area contributed by atoms with Gasteiger partial charge in [-0.05, 0) is 36.2 Å². The molecule has 0 saturated carbocycles. The molecule has 24 heavy (non-hydrogen) atoms.